The maximum Gasteiger partial charge on any atom is 0.274 e. The highest BCUT2D eigenvalue weighted by molar-refractivity contribution is 6.03. The first-order chi connectivity index (χ1) is 18.4. The molecular weight excluding hydrogens is 491 g/mol. The number of piperidine rings is 1. The number of amides is 2. The number of aromatic nitrogens is 5. The number of rotatable bonds is 7. The third kappa shape index (κ3) is 5.49. The molecule has 0 radical (unpaired) electrons. The van der Waals surface area contributed by atoms with Gasteiger partial charge in [0.1, 0.15) is 11.5 Å². The van der Waals surface area contributed by atoms with Crippen molar-refractivity contribution in [2.24, 2.45) is 0 Å². The second kappa shape index (κ2) is 10.7. The number of hydrogen-bond donors (Lipinski definition) is 3. The number of nitrogens with one attached hydrogen (secondary N) is 3. The van der Waals surface area contributed by atoms with Crippen molar-refractivity contribution in [3.8, 4) is 22.8 Å². The van der Waals surface area contributed by atoms with Gasteiger partial charge in [0.2, 0.25) is 17.6 Å². The molecule has 3 N–H and O–H groups in total. The predicted octanol–water partition coefficient (Wildman–Crippen LogP) is 3.00. The largest absolute Gasteiger partial charge is 0.349 e. The quantitative estimate of drug-likeness (QED) is 0.318. The smallest absolute Gasteiger partial charge is 0.274 e. The van der Waals surface area contributed by atoms with E-state index in [-0.39, 0.29) is 35.1 Å². The van der Waals surface area contributed by atoms with Gasteiger partial charge < -0.3 is 20.1 Å². The van der Waals surface area contributed by atoms with Crippen molar-refractivity contribution in [2.75, 3.05) is 25.5 Å². The van der Waals surface area contributed by atoms with Crippen molar-refractivity contribution in [3.05, 3.63) is 78.7 Å². The van der Waals surface area contributed by atoms with Gasteiger partial charge in [-0.2, -0.15) is 10.1 Å². The first kappa shape index (κ1) is 25.0. The fourth-order valence-corrected chi connectivity index (χ4v) is 4.43. The Kier molecular flexibility index (Phi) is 7.05. The molecule has 1 aliphatic rings. The molecular formula is C26H25FN8O3. The van der Waals surface area contributed by atoms with Crippen LogP contribution >= 0.6 is 0 Å². The average molecular weight is 517 g/mol. The molecule has 3 aromatic heterocycles. The maximum atomic E-state index is 14.9. The Balaban J connectivity index is 1.28. The number of nitrogens with zero attached hydrogens (tertiary/aromatic N) is 5. The van der Waals surface area contributed by atoms with Crippen LogP contribution in [0.4, 0.5) is 10.1 Å². The number of anilines is 1. The molecule has 0 spiro atoms. The van der Waals surface area contributed by atoms with Crippen LogP contribution in [0.2, 0.25) is 0 Å². The van der Waals surface area contributed by atoms with Crippen molar-refractivity contribution in [1.29, 1.82) is 0 Å². The van der Waals surface area contributed by atoms with E-state index in [1.165, 1.54) is 18.2 Å². The summed E-state index contributed by atoms with van der Waals surface area (Å²) in [6.45, 7) is 4.86. The molecule has 1 saturated heterocycles. The van der Waals surface area contributed by atoms with Gasteiger partial charge in [0.25, 0.3) is 5.91 Å². The molecule has 1 aliphatic heterocycles. The lowest BCUT2D eigenvalue weighted by atomic mass is 9.94. The Morgan fingerprint density at radius 1 is 1.21 bits per heavy atom. The van der Waals surface area contributed by atoms with E-state index >= 15 is 0 Å². The molecule has 38 heavy (non-hydrogen) atoms. The summed E-state index contributed by atoms with van der Waals surface area (Å²) in [4.78, 5) is 35.3. The van der Waals surface area contributed by atoms with Crippen molar-refractivity contribution in [2.45, 2.75) is 18.4 Å². The van der Waals surface area contributed by atoms with Crippen LogP contribution in [-0.2, 0) is 4.79 Å². The second-order valence-electron chi connectivity index (χ2n) is 9.05. The molecule has 2 atom stereocenters. The van der Waals surface area contributed by atoms with E-state index in [1.54, 1.807) is 36.5 Å². The number of likely N-dealkylation sites (tertiary alicyclic amines) is 1. The Hall–Kier alpha value is -4.71. The highest BCUT2D eigenvalue weighted by Gasteiger charge is 2.31. The maximum absolute atomic E-state index is 14.9. The van der Waals surface area contributed by atoms with E-state index in [0.717, 1.165) is 0 Å². The topological polar surface area (TPSA) is 142 Å². The summed E-state index contributed by atoms with van der Waals surface area (Å²) >= 11 is 0. The highest BCUT2D eigenvalue weighted by Crippen LogP contribution is 2.29. The number of H-pyrrole nitrogens is 1. The van der Waals surface area contributed by atoms with Gasteiger partial charge in [-0.1, -0.05) is 17.8 Å². The van der Waals surface area contributed by atoms with Gasteiger partial charge in [-0.15, -0.1) is 0 Å². The number of halogens is 1. The van der Waals surface area contributed by atoms with Crippen molar-refractivity contribution >= 4 is 17.5 Å². The van der Waals surface area contributed by atoms with Crippen LogP contribution < -0.4 is 10.6 Å². The van der Waals surface area contributed by atoms with Crippen LogP contribution in [-0.4, -0.2) is 68.2 Å². The number of aromatic amines is 1. The monoisotopic (exact) mass is 516 g/mol. The minimum Gasteiger partial charge on any atom is -0.349 e. The zero-order valence-electron chi connectivity index (χ0n) is 20.5. The van der Waals surface area contributed by atoms with E-state index in [4.69, 9.17) is 4.52 Å². The van der Waals surface area contributed by atoms with E-state index < -0.39 is 11.7 Å². The molecule has 2 amide bonds. The molecule has 194 valence electrons. The first-order valence-electron chi connectivity index (χ1n) is 11.9. The summed E-state index contributed by atoms with van der Waals surface area (Å²) in [5.74, 6) is -0.912. The van der Waals surface area contributed by atoms with Crippen molar-refractivity contribution < 1.29 is 18.5 Å². The summed E-state index contributed by atoms with van der Waals surface area (Å²) in [6, 6.07) is 10.9. The number of benzene rings is 1. The van der Waals surface area contributed by atoms with Crippen molar-refractivity contribution in [3.63, 3.8) is 0 Å². The van der Waals surface area contributed by atoms with Crippen molar-refractivity contribution in [1.82, 2.24) is 35.5 Å². The second-order valence-corrected chi connectivity index (χ2v) is 9.05. The Labute approximate surface area is 217 Å². The molecule has 0 unspecified atom stereocenters. The minimum atomic E-state index is -0.656. The van der Waals surface area contributed by atoms with Gasteiger partial charge in [0, 0.05) is 30.9 Å². The van der Waals surface area contributed by atoms with Gasteiger partial charge in [-0.25, -0.2) is 9.37 Å². The zero-order valence-corrected chi connectivity index (χ0v) is 20.5. The van der Waals surface area contributed by atoms with E-state index in [1.807, 2.05) is 7.05 Å². The van der Waals surface area contributed by atoms with Crippen LogP contribution in [0.15, 0.2) is 65.8 Å². The van der Waals surface area contributed by atoms with Crippen LogP contribution in [0, 0.1) is 5.82 Å². The third-order valence-electron chi connectivity index (χ3n) is 6.19. The van der Waals surface area contributed by atoms with Crippen LogP contribution in [0.25, 0.3) is 22.8 Å². The SMILES string of the molecule is C=CC(=O)N[C@H]1C[C@@H](c2nc(-c3ccc(NC(=O)c4cccc(-c5ccn[nH]5)n4)c(F)c3)no2)CN(C)C1. The third-order valence-corrected chi connectivity index (χ3v) is 6.19. The summed E-state index contributed by atoms with van der Waals surface area (Å²) < 4.78 is 20.4. The summed E-state index contributed by atoms with van der Waals surface area (Å²) in [5, 5.41) is 16.2. The van der Waals surface area contributed by atoms with Crippen LogP contribution in [0.5, 0.6) is 0 Å². The number of carbonyl (C=O) groups excluding carboxylic acids is 2. The van der Waals surface area contributed by atoms with Gasteiger partial charge >= 0.3 is 0 Å². The minimum absolute atomic E-state index is 0.00841. The number of likely N-dealkylation sites (N-methyl/N-ethyl adjacent to an activating group) is 1. The standard InChI is InChI=1S/C26H25FN8O3/c1-3-23(36)29-17-11-16(13-35(2)14-17)26-32-24(34-38-26)15-7-8-19(18(27)12-15)31-25(37)22-6-4-5-20(30-22)21-9-10-28-33-21/h3-10,12,16-17H,1,11,13-14H2,2H3,(H,28,33)(H,29,36)(H,31,37)/t16-,17+/m1/s1. The summed E-state index contributed by atoms with van der Waals surface area (Å²) in [7, 11) is 1.95. The molecule has 11 nitrogen and oxygen atoms in total. The van der Waals surface area contributed by atoms with E-state index in [2.05, 4.69) is 47.4 Å². The Morgan fingerprint density at radius 2 is 2.08 bits per heavy atom. The molecule has 1 fully saturated rings. The van der Waals surface area contributed by atoms with E-state index in [9.17, 15) is 14.0 Å². The molecule has 5 rings (SSSR count). The molecule has 0 aliphatic carbocycles. The normalized spacial score (nSPS) is 17.6. The van der Waals surface area contributed by atoms with Crippen LogP contribution in [0.1, 0.15) is 28.7 Å². The van der Waals surface area contributed by atoms with E-state index in [0.29, 0.717) is 42.4 Å². The fourth-order valence-electron chi connectivity index (χ4n) is 4.43. The molecule has 4 aromatic rings. The lowest BCUT2D eigenvalue weighted by Crippen LogP contribution is -2.48. The zero-order chi connectivity index (χ0) is 26.6. The molecule has 12 heteroatoms. The molecule has 1 aromatic carbocycles. The Bertz CT molecular complexity index is 1470. The molecule has 0 saturated carbocycles. The Morgan fingerprint density at radius 3 is 2.84 bits per heavy atom. The summed E-state index contributed by atoms with van der Waals surface area (Å²) in [6.07, 6.45) is 3.45. The summed E-state index contributed by atoms with van der Waals surface area (Å²) in [5.41, 5.74) is 1.72. The number of hydrogen-bond acceptors (Lipinski definition) is 8. The van der Waals surface area contributed by atoms with Crippen LogP contribution in [0.3, 0.4) is 0 Å². The van der Waals surface area contributed by atoms with Gasteiger partial charge in [-0.3, -0.25) is 14.7 Å². The fraction of sp³-hybridized carbons (Fsp3) is 0.231. The lowest BCUT2D eigenvalue weighted by molar-refractivity contribution is -0.117. The van der Waals surface area contributed by atoms with Gasteiger partial charge in [-0.05, 0) is 55.9 Å². The number of pyridine rings is 1. The predicted molar refractivity (Wildman–Crippen MR) is 136 cm³/mol. The lowest BCUT2D eigenvalue weighted by Gasteiger charge is -2.34. The molecule has 0 bridgehead atoms. The van der Waals surface area contributed by atoms with Gasteiger partial charge in [0.15, 0.2) is 0 Å². The number of carbonyl (C=O) groups is 2. The highest BCUT2D eigenvalue weighted by atomic mass is 19.1. The molecule has 4 heterocycles. The van der Waals surface area contributed by atoms with Gasteiger partial charge in [0.05, 0.1) is 23.0 Å². The average Bonchev–Trinajstić information content (AvgIpc) is 3.63. The first-order valence-corrected chi connectivity index (χ1v) is 11.9.